The van der Waals surface area contributed by atoms with E-state index < -0.39 is 0 Å². The van der Waals surface area contributed by atoms with Crippen molar-refractivity contribution in [2.24, 2.45) is 5.92 Å². The van der Waals surface area contributed by atoms with Crippen molar-refractivity contribution in [1.82, 2.24) is 25.0 Å². The number of rotatable bonds is 13. The predicted octanol–water partition coefficient (Wildman–Crippen LogP) is 4.63. The molecule has 2 aromatic carbocycles. The van der Waals surface area contributed by atoms with Crippen LogP contribution in [0.3, 0.4) is 0 Å². The lowest BCUT2D eigenvalue weighted by molar-refractivity contribution is -0.119. The highest BCUT2D eigenvalue weighted by Crippen LogP contribution is 2.36. The third kappa shape index (κ3) is 7.45. The van der Waals surface area contributed by atoms with Gasteiger partial charge in [-0.3, -0.25) is 9.59 Å². The van der Waals surface area contributed by atoms with Gasteiger partial charge >= 0.3 is 0 Å². The molecule has 0 spiro atoms. The SMILES string of the molecule is COCCN1C[C@@H](CC(=O)Cc2c(C)c(-c3cnc(OC)c(C(=O)N[C@@H]4CCOC4)c3)nn2-c2ccccc2)[C@H](c2ccccc2)C1. The number of likely N-dealkylation sites (tertiary alicyclic amines) is 1. The third-order valence-electron chi connectivity index (χ3n) is 9.28. The Kier molecular flexibility index (Phi) is 10.4. The van der Waals surface area contributed by atoms with Crippen LogP contribution in [-0.4, -0.2) is 91.1 Å². The number of hydrogen-bond acceptors (Lipinski definition) is 8. The average molecular weight is 638 g/mol. The Morgan fingerprint density at radius 1 is 1.04 bits per heavy atom. The molecule has 3 atom stereocenters. The minimum atomic E-state index is -0.272. The molecule has 10 heteroatoms. The first-order valence-corrected chi connectivity index (χ1v) is 16.3. The number of aromatic nitrogens is 3. The lowest BCUT2D eigenvalue weighted by Crippen LogP contribution is -2.35. The maximum Gasteiger partial charge on any atom is 0.257 e. The van der Waals surface area contributed by atoms with Crippen molar-refractivity contribution < 1.29 is 23.8 Å². The molecular weight excluding hydrogens is 594 g/mol. The summed E-state index contributed by atoms with van der Waals surface area (Å²) in [7, 11) is 3.22. The second kappa shape index (κ2) is 15.0. The minimum Gasteiger partial charge on any atom is -0.480 e. The molecule has 4 aromatic rings. The second-order valence-corrected chi connectivity index (χ2v) is 12.4. The highest BCUT2D eigenvalue weighted by molar-refractivity contribution is 5.97. The molecule has 0 saturated carbocycles. The van der Waals surface area contributed by atoms with Crippen LogP contribution >= 0.6 is 0 Å². The number of para-hydroxylation sites is 1. The molecule has 0 aliphatic carbocycles. The van der Waals surface area contributed by atoms with E-state index >= 15 is 0 Å². The van der Waals surface area contributed by atoms with Crippen LogP contribution in [0.1, 0.15) is 45.9 Å². The number of amides is 1. The van der Waals surface area contributed by atoms with Gasteiger partial charge in [-0.2, -0.15) is 5.10 Å². The number of ether oxygens (including phenoxy) is 3. The Morgan fingerprint density at radius 3 is 2.51 bits per heavy atom. The normalized spacial score (nSPS) is 19.6. The van der Waals surface area contributed by atoms with E-state index in [1.165, 1.54) is 12.7 Å². The molecule has 2 fully saturated rings. The summed E-state index contributed by atoms with van der Waals surface area (Å²) in [5.41, 5.74) is 5.50. The quantitative estimate of drug-likeness (QED) is 0.226. The standard InChI is InChI=1S/C37H43N5O5/c1-25-34(20-31(43)18-28-22-41(15-17-45-2)23-33(28)26-10-6-4-7-11-26)42(30-12-8-5-9-13-30)40-35(25)27-19-32(37(46-3)38-21-27)36(44)39-29-14-16-47-24-29/h4-13,19,21,28-29,33H,14-18,20,22-24H2,1-3H3,(H,39,44)/t28-,29-,33+/m1/s1. The van der Waals surface area contributed by atoms with Gasteiger partial charge in [0.1, 0.15) is 11.3 Å². The molecule has 10 nitrogen and oxygen atoms in total. The highest BCUT2D eigenvalue weighted by atomic mass is 16.5. The molecule has 2 aliphatic heterocycles. The summed E-state index contributed by atoms with van der Waals surface area (Å²) in [5.74, 6) is 0.615. The fourth-order valence-electron chi connectivity index (χ4n) is 6.81. The monoisotopic (exact) mass is 637 g/mol. The Labute approximate surface area is 276 Å². The van der Waals surface area contributed by atoms with Crippen molar-refractivity contribution in [2.75, 3.05) is 53.7 Å². The van der Waals surface area contributed by atoms with Crippen LogP contribution < -0.4 is 10.1 Å². The van der Waals surface area contributed by atoms with E-state index in [0.29, 0.717) is 43.1 Å². The number of methoxy groups -OCH3 is 2. The second-order valence-electron chi connectivity index (χ2n) is 12.4. The molecule has 1 N–H and O–H groups in total. The maximum atomic E-state index is 14.0. The molecular formula is C37H43N5O5. The first-order chi connectivity index (χ1) is 22.9. The molecule has 2 aliphatic rings. The van der Waals surface area contributed by atoms with Crippen molar-refractivity contribution in [2.45, 2.75) is 38.1 Å². The number of Topliss-reactive ketones (excluding diaryl/α,β-unsaturated/α-hetero) is 1. The van der Waals surface area contributed by atoms with Gasteiger partial charge in [0.25, 0.3) is 5.91 Å². The summed E-state index contributed by atoms with van der Waals surface area (Å²) in [6, 6.07) is 22.1. The molecule has 0 unspecified atom stereocenters. The number of carbonyl (C=O) groups is 2. The number of nitrogens with zero attached hydrogens (tertiary/aromatic N) is 4. The number of carbonyl (C=O) groups excluding carboxylic acids is 2. The van der Waals surface area contributed by atoms with Crippen molar-refractivity contribution in [3.63, 3.8) is 0 Å². The third-order valence-corrected chi connectivity index (χ3v) is 9.28. The Hall–Kier alpha value is -4.38. The van der Waals surface area contributed by atoms with Gasteiger partial charge in [0.05, 0.1) is 43.4 Å². The molecule has 2 aromatic heterocycles. The molecule has 2 saturated heterocycles. The van der Waals surface area contributed by atoms with E-state index in [4.69, 9.17) is 19.3 Å². The summed E-state index contributed by atoms with van der Waals surface area (Å²) >= 11 is 0. The van der Waals surface area contributed by atoms with Crippen molar-refractivity contribution >= 4 is 11.7 Å². The average Bonchev–Trinajstić information content (AvgIpc) is 3.84. The lowest BCUT2D eigenvalue weighted by atomic mass is 9.85. The topological polar surface area (TPSA) is 108 Å². The largest absolute Gasteiger partial charge is 0.480 e. The first-order valence-electron chi connectivity index (χ1n) is 16.3. The number of pyridine rings is 1. The fourth-order valence-corrected chi connectivity index (χ4v) is 6.81. The smallest absolute Gasteiger partial charge is 0.257 e. The van der Waals surface area contributed by atoms with Crippen LogP contribution in [0.25, 0.3) is 16.9 Å². The number of ketones is 1. The van der Waals surface area contributed by atoms with E-state index in [-0.39, 0.29) is 41.9 Å². The van der Waals surface area contributed by atoms with Gasteiger partial charge in [-0.1, -0.05) is 48.5 Å². The van der Waals surface area contributed by atoms with Gasteiger partial charge in [0.2, 0.25) is 5.88 Å². The van der Waals surface area contributed by atoms with Crippen LogP contribution in [0.5, 0.6) is 5.88 Å². The number of hydrogen-bond donors (Lipinski definition) is 1. The summed E-state index contributed by atoms with van der Waals surface area (Å²) < 4.78 is 18.1. The summed E-state index contributed by atoms with van der Waals surface area (Å²) in [6.45, 7) is 6.36. The van der Waals surface area contributed by atoms with Gasteiger partial charge in [-0.25, -0.2) is 9.67 Å². The van der Waals surface area contributed by atoms with Gasteiger partial charge in [0, 0.05) is 63.9 Å². The van der Waals surface area contributed by atoms with Crippen LogP contribution in [0, 0.1) is 12.8 Å². The van der Waals surface area contributed by atoms with Crippen molar-refractivity contribution in [1.29, 1.82) is 0 Å². The zero-order valence-corrected chi connectivity index (χ0v) is 27.4. The van der Waals surface area contributed by atoms with Gasteiger partial charge in [-0.05, 0) is 48.6 Å². The van der Waals surface area contributed by atoms with Crippen molar-refractivity contribution in [3.8, 4) is 22.8 Å². The predicted molar refractivity (Wildman–Crippen MR) is 179 cm³/mol. The van der Waals surface area contributed by atoms with Gasteiger partial charge in [-0.15, -0.1) is 0 Å². The van der Waals surface area contributed by atoms with Crippen LogP contribution in [0.15, 0.2) is 72.9 Å². The Morgan fingerprint density at radius 2 is 1.81 bits per heavy atom. The van der Waals surface area contributed by atoms with Gasteiger partial charge < -0.3 is 24.4 Å². The lowest BCUT2D eigenvalue weighted by Gasteiger charge is -2.18. The van der Waals surface area contributed by atoms with E-state index in [1.807, 2.05) is 48.0 Å². The van der Waals surface area contributed by atoms with Gasteiger partial charge in [0.15, 0.2) is 0 Å². The Balaban J connectivity index is 1.29. The zero-order valence-electron chi connectivity index (χ0n) is 27.4. The van der Waals surface area contributed by atoms with Crippen LogP contribution in [-0.2, 0) is 20.7 Å². The maximum absolute atomic E-state index is 14.0. The van der Waals surface area contributed by atoms with Crippen LogP contribution in [0.4, 0.5) is 0 Å². The van der Waals surface area contributed by atoms with E-state index in [2.05, 4.69) is 39.5 Å². The number of benzene rings is 2. The summed E-state index contributed by atoms with van der Waals surface area (Å²) in [4.78, 5) is 34.1. The van der Waals surface area contributed by atoms with E-state index in [1.54, 1.807) is 19.4 Å². The molecule has 0 radical (unpaired) electrons. The zero-order chi connectivity index (χ0) is 32.8. The molecule has 6 rings (SSSR count). The fraction of sp³-hybridized carbons (Fsp3) is 0.405. The first kappa shape index (κ1) is 32.6. The van der Waals surface area contributed by atoms with Crippen LogP contribution in [0.2, 0.25) is 0 Å². The molecule has 1 amide bonds. The molecule has 0 bridgehead atoms. The molecule has 47 heavy (non-hydrogen) atoms. The molecule has 246 valence electrons. The highest BCUT2D eigenvalue weighted by Gasteiger charge is 2.35. The van der Waals surface area contributed by atoms with E-state index in [9.17, 15) is 9.59 Å². The summed E-state index contributed by atoms with van der Waals surface area (Å²) in [5, 5.41) is 8.04. The van der Waals surface area contributed by atoms with E-state index in [0.717, 1.165) is 43.0 Å². The Bertz CT molecular complexity index is 1670. The number of nitrogens with one attached hydrogen (secondary N) is 1. The van der Waals surface area contributed by atoms with Crippen molar-refractivity contribution in [3.05, 3.63) is 95.3 Å². The summed E-state index contributed by atoms with van der Waals surface area (Å²) in [6.07, 6.45) is 3.14. The molecule has 4 heterocycles. The minimum absolute atomic E-state index is 0.0547.